The summed E-state index contributed by atoms with van der Waals surface area (Å²) in [6.45, 7) is 3.76. The first-order valence-electron chi connectivity index (χ1n) is 5.70. The Morgan fingerprint density at radius 1 is 1.53 bits per heavy atom. The zero-order chi connectivity index (χ0) is 14.0. The molecule has 0 radical (unpaired) electrons. The third-order valence-electron chi connectivity index (χ3n) is 2.43. The van der Waals surface area contributed by atoms with E-state index in [1.54, 1.807) is 11.3 Å². The number of aromatic amines is 1. The van der Waals surface area contributed by atoms with Gasteiger partial charge in [-0.2, -0.15) is 0 Å². The Balaban J connectivity index is 2.28. The van der Waals surface area contributed by atoms with Gasteiger partial charge in [0.2, 0.25) is 0 Å². The molecule has 19 heavy (non-hydrogen) atoms. The van der Waals surface area contributed by atoms with Gasteiger partial charge in [-0.1, -0.05) is 11.8 Å². The summed E-state index contributed by atoms with van der Waals surface area (Å²) in [6.07, 6.45) is 0. The van der Waals surface area contributed by atoms with E-state index in [0.29, 0.717) is 10.9 Å². The average molecular weight is 360 g/mol. The summed E-state index contributed by atoms with van der Waals surface area (Å²) >= 11 is 6.58. The second kappa shape index (κ2) is 6.21. The molecule has 2 unspecified atom stereocenters. The van der Waals surface area contributed by atoms with Crippen molar-refractivity contribution in [1.82, 2.24) is 9.97 Å². The Morgan fingerprint density at radius 2 is 2.26 bits per heavy atom. The van der Waals surface area contributed by atoms with Crippen LogP contribution in [-0.4, -0.2) is 16.0 Å². The van der Waals surface area contributed by atoms with E-state index in [1.165, 1.54) is 17.8 Å². The fraction of sp³-hybridized carbons (Fsp3) is 0.333. The number of rotatable bonds is 4. The smallest absolute Gasteiger partial charge is 0.251 e. The highest BCUT2D eigenvalue weighted by Gasteiger charge is 2.20. The SMILES string of the molecule is Cc1cc(=O)[nH]c(SC(c2cc(Br)cs2)C(C)N)n1. The van der Waals surface area contributed by atoms with E-state index in [1.807, 2.05) is 19.2 Å². The highest BCUT2D eigenvalue weighted by molar-refractivity contribution is 9.10. The van der Waals surface area contributed by atoms with Crippen LogP contribution in [0.2, 0.25) is 0 Å². The molecule has 0 spiro atoms. The predicted octanol–water partition coefficient (Wildman–Crippen LogP) is 3.08. The quantitative estimate of drug-likeness (QED) is 0.649. The molecule has 0 amide bonds. The Labute approximate surface area is 128 Å². The number of nitrogens with zero attached hydrogens (tertiary/aromatic N) is 1. The van der Waals surface area contributed by atoms with Gasteiger partial charge in [0.05, 0.1) is 5.25 Å². The second-order valence-electron chi connectivity index (χ2n) is 4.26. The van der Waals surface area contributed by atoms with Gasteiger partial charge in [-0.15, -0.1) is 11.3 Å². The van der Waals surface area contributed by atoms with Crippen molar-refractivity contribution in [2.24, 2.45) is 5.73 Å². The summed E-state index contributed by atoms with van der Waals surface area (Å²) in [6, 6.07) is 3.49. The monoisotopic (exact) mass is 359 g/mol. The minimum Gasteiger partial charge on any atom is -0.327 e. The lowest BCUT2D eigenvalue weighted by Crippen LogP contribution is -2.22. The normalized spacial score (nSPS) is 14.3. The molecule has 102 valence electrons. The second-order valence-corrected chi connectivity index (χ2v) is 7.25. The summed E-state index contributed by atoms with van der Waals surface area (Å²) in [5.74, 6) is 0. The van der Waals surface area contributed by atoms with E-state index < -0.39 is 0 Å². The van der Waals surface area contributed by atoms with E-state index in [-0.39, 0.29) is 16.9 Å². The van der Waals surface area contributed by atoms with Gasteiger partial charge in [0.15, 0.2) is 5.16 Å². The van der Waals surface area contributed by atoms with E-state index in [9.17, 15) is 4.79 Å². The highest BCUT2D eigenvalue weighted by atomic mass is 79.9. The van der Waals surface area contributed by atoms with Crippen molar-refractivity contribution in [1.29, 1.82) is 0 Å². The number of thioether (sulfide) groups is 1. The third kappa shape index (κ3) is 3.92. The molecule has 2 heterocycles. The van der Waals surface area contributed by atoms with Crippen LogP contribution in [0.1, 0.15) is 22.7 Å². The molecule has 2 aromatic heterocycles. The molecule has 0 saturated carbocycles. The van der Waals surface area contributed by atoms with Gasteiger partial charge in [0.1, 0.15) is 0 Å². The van der Waals surface area contributed by atoms with Crippen molar-refractivity contribution in [3.05, 3.63) is 42.9 Å². The summed E-state index contributed by atoms with van der Waals surface area (Å²) in [7, 11) is 0. The maximum atomic E-state index is 11.5. The van der Waals surface area contributed by atoms with Crippen LogP contribution in [0.25, 0.3) is 0 Å². The van der Waals surface area contributed by atoms with Crippen molar-refractivity contribution >= 4 is 39.0 Å². The molecule has 3 N–H and O–H groups in total. The van der Waals surface area contributed by atoms with Crippen molar-refractivity contribution in [2.45, 2.75) is 30.3 Å². The number of aromatic nitrogens is 2. The highest BCUT2D eigenvalue weighted by Crippen LogP contribution is 2.39. The number of halogens is 1. The van der Waals surface area contributed by atoms with Crippen molar-refractivity contribution in [3.63, 3.8) is 0 Å². The number of nitrogens with one attached hydrogen (secondary N) is 1. The van der Waals surface area contributed by atoms with Crippen LogP contribution < -0.4 is 11.3 Å². The number of thiophene rings is 1. The van der Waals surface area contributed by atoms with E-state index >= 15 is 0 Å². The number of hydrogen-bond acceptors (Lipinski definition) is 5. The fourth-order valence-corrected chi connectivity index (χ4v) is 4.48. The fourth-order valence-electron chi connectivity index (χ4n) is 1.63. The van der Waals surface area contributed by atoms with Gasteiger partial charge in [0.25, 0.3) is 5.56 Å². The summed E-state index contributed by atoms with van der Waals surface area (Å²) in [5, 5.41) is 2.70. The first-order chi connectivity index (χ1) is 8.95. The number of nitrogens with two attached hydrogens (primary N) is 1. The Hall–Kier alpha value is -0.630. The molecular formula is C12H14BrN3OS2. The van der Waals surface area contributed by atoms with Crippen LogP contribution in [0.4, 0.5) is 0 Å². The molecule has 7 heteroatoms. The number of aryl methyl sites for hydroxylation is 1. The van der Waals surface area contributed by atoms with E-state index in [0.717, 1.165) is 9.35 Å². The molecule has 0 saturated heterocycles. The van der Waals surface area contributed by atoms with Crippen LogP contribution in [0.15, 0.2) is 31.9 Å². The molecule has 0 aliphatic carbocycles. The maximum absolute atomic E-state index is 11.5. The van der Waals surface area contributed by atoms with Crippen molar-refractivity contribution < 1.29 is 0 Å². The molecule has 0 aliphatic heterocycles. The predicted molar refractivity (Wildman–Crippen MR) is 83.9 cm³/mol. The molecule has 0 fully saturated rings. The summed E-state index contributed by atoms with van der Waals surface area (Å²) in [4.78, 5) is 19.7. The molecule has 2 rings (SSSR count). The largest absolute Gasteiger partial charge is 0.327 e. The molecular weight excluding hydrogens is 346 g/mol. The van der Waals surface area contributed by atoms with Gasteiger partial charge in [-0.05, 0) is 35.8 Å². The molecule has 4 nitrogen and oxygen atoms in total. The van der Waals surface area contributed by atoms with Gasteiger partial charge in [0, 0.05) is 32.5 Å². The van der Waals surface area contributed by atoms with Crippen LogP contribution >= 0.6 is 39.0 Å². The van der Waals surface area contributed by atoms with Crippen LogP contribution in [0.3, 0.4) is 0 Å². The molecule has 0 aliphatic rings. The molecule has 2 atom stereocenters. The summed E-state index contributed by atoms with van der Waals surface area (Å²) < 4.78 is 1.05. The van der Waals surface area contributed by atoms with Gasteiger partial charge < -0.3 is 10.7 Å². The minimum absolute atomic E-state index is 0.0404. The first-order valence-corrected chi connectivity index (χ1v) is 8.25. The number of hydrogen-bond donors (Lipinski definition) is 2. The van der Waals surface area contributed by atoms with Crippen molar-refractivity contribution in [2.75, 3.05) is 0 Å². The Kier molecular flexibility index (Phi) is 4.83. The zero-order valence-electron chi connectivity index (χ0n) is 10.5. The lowest BCUT2D eigenvalue weighted by Gasteiger charge is -2.18. The lowest BCUT2D eigenvalue weighted by atomic mass is 10.2. The maximum Gasteiger partial charge on any atom is 0.251 e. The van der Waals surface area contributed by atoms with Gasteiger partial charge >= 0.3 is 0 Å². The number of H-pyrrole nitrogens is 1. The van der Waals surface area contributed by atoms with Crippen molar-refractivity contribution in [3.8, 4) is 0 Å². The molecule has 2 aromatic rings. The van der Waals surface area contributed by atoms with E-state index in [4.69, 9.17) is 5.73 Å². The van der Waals surface area contributed by atoms with E-state index in [2.05, 4.69) is 32.0 Å². The molecule has 0 aromatic carbocycles. The lowest BCUT2D eigenvalue weighted by molar-refractivity contribution is 0.725. The topological polar surface area (TPSA) is 71.8 Å². The Morgan fingerprint density at radius 3 is 2.79 bits per heavy atom. The Bertz CT molecular complexity index is 623. The standard InChI is InChI=1S/C12H14BrN3OS2/c1-6-3-10(17)16-12(15-6)19-11(7(2)14)9-4-8(13)5-18-9/h3-5,7,11H,14H2,1-2H3,(H,15,16,17). The minimum atomic E-state index is -0.134. The molecule has 0 bridgehead atoms. The van der Waals surface area contributed by atoms with Crippen LogP contribution in [0.5, 0.6) is 0 Å². The van der Waals surface area contributed by atoms with Crippen LogP contribution in [0, 0.1) is 6.92 Å². The van der Waals surface area contributed by atoms with Gasteiger partial charge in [-0.3, -0.25) is 4.79 Å². The summed E-state index contributed by atoms with van der Waals surface area (Å²) in [5.41, 5.74) is 6.63. The van der Waals surface area contributed by atoms with Gasteiger partial charge in [-0.25, -0.2) is 4.98 Å². The first kappa shape index (κ1) is 14.8. The average Bonchev–Trinajstić information content (AvgIpc) is 2.70. The third-order valence-corrected chi connectivity index (χ3v) is 5.71. The van der Waals surface area contributed by atoms with Crippen LogP contribution in [-0.2, 0) is 0 Å². The zero-order valence-corrected chi connectivity index (χ0v) is 13.7.